The lowest BCUT2D eigenvalue weighted by molar-refractivity contribution is 0.391. The van der Waals surface area contributed by atoms with E-state index in [1.807, 2.05) is 0 Å². The average Bonchev–Trinajstić information content (AvgIpc) is 2.13. The van der Waals surface area contributed by atoms with Crippen molar-refractivity contribution in [2.45, 2.75) is 27.7 Å². The topological polar surface area (TPSA) is 3.24 Å². The van der Waals surface area contributed by atoms with E-state index in [0.29, 0.717) is 5.92 Å². The van der Waals surface area contributed by atoms with Gasteiger partial charge in [0, 0.05) is 6.54 Å². The summed E-state index contributed by atoms with van der Waals surface area (Å²) in [5, 5.41) is 0. The highest BCUT2D eigenvalue weighted by Crippen LogP contribution is 2.10. The fourth-order valence-electron chi connectivity index (χ4n) is 1.06. The summed E-state index contributed by atoms with van der Waals surface area (Å²) in [5.41, 5.74) is 1.46. The van der Waals surface area contributed by atoms with Crippen LogP contribution in [-0.4, -0.2) is 25.0 Å². The van der Waals surface area contributed by atoms with Crippen molar-refractivity contribution in [3.05, 3.63) is 23.8 Å². The van der Waals surface area contributed by atoms with Gasteiger partial charge in [0.05, 0.1) is 0 Å². The molecule has 0 heterocycles. The minimum absolute atomic E-state index is 0.579. The van der Waals surface area contributed by atoms with Crippen LogP contribution in [0.5, 0.6) is 0 Å². The normalized spacial score (nSPS) is 15.7. The van der Waals surface area contributed by atoms with Crippen molar-refractivity contribution in [3.63, 3.8) is 0 Å². The Labute approximate surface area is 83.1 Å². The molecule has 0 radical (unpaired) electrons. The van der Waals surface area contributed by atoms with Crippen LogP contribution in [0.2, 0.25) is 0 Å². The summed E-state index contributed by atoms with van der Waals surface area (Å²) in [7, 11) is 2.14. The van der Waals surface area contributed by atoms with E-state index in [-0.39, 0.29) is 0 Å². The van der Waals surface area contributed by atoms with Crippen molar-refractivity contribution in [1.82, 2.24) is 4.90 Å². The van der Waals surface area contributed by atoms with E-state index in [9.17, 15) is 0 Å². The lowest BCUT2D eigenvalue weighted by Gasteiger charge is -2.13. The Morgan fingerprint density at radius 3 is 2.54 bits per heavy atom. The first-order valence-electron chi connectivity index (χ1n) is 5.09. The van der Waals surface area contributed by atoms with Crippen LogP contribution in [0.4, 0.5) is 0 Å². The van der Waals surface area contributed by atoms with Crippen LogP contribution in [0.25, 0.3) is 0 Å². The first kappa shape index (κ1) is 12.4. The molecule has 1 nitrogen and oxygen atoms in total. The van der Waals surface area contributed by atoms with Crippen LogP contribution in [0.15, 0.2) is 23.8 Å². The molecule has 0 bridgehead atoms. The van der Waals surface area contributed by atoms with Crippen molar-refractivity contribution >= 4 is 0 Å². The van der Waals surface area contributed by atoms with Gasteiger partial charge in [0.15, 0.2) is 0 Å². The van der Waals surface area contributed by atoms with Gasteiger partial charge in [-0.15, -0.1) is 0 Å². The molecule has 0 aliphatic rings. The van der Waals surface area contributed by atoms with Crippen LogP contribution in [-0.2, 0) is 0 Å². The van der Waals surface area contributed by atoms with Gasteiger partial charge in [0.25, 0.3) is 0 Å². The molecule has 13 heavy (non-hydrogen) atoms. The van der Waals surface area contributed by atoms with Crippen molar-refractivity contribution in [2.75, 3.05) is 20.1 Å². The van der Waals surface area contributed by atoms with Crippen LogP contribution in [0.3, 0.4) is 0 Å². The largest absolute Gasteiger partial charge is 0.303 e. The molecule has 1 unspecified atom stereocenters. The quantitative estimate of drug-likeness (QED) is 0.589. The van der Waals surface area contributed by atoms with E-state index < -0.39 is 0 Å². The Morgan fingerprint density at radius 1 is 1.46 bits per heavy atom. The molecule has 1 heteroatoms. The lowest BCUT2D eigenvalue weighted by Crippen LogP contribution is -2.17. The maximum Gasteiger partial charge on any atom is 0.0162 e. The third-order valence-electron chi connectivity index (χ3n) is 2.46. The van der Waals surface area contributed by atoms with Gasteiger partial charge in [-0.25, -0.2) is 0 Å². The minimum atomic E-state index is 0.579. The van der Waals surface area contributed by atoms with E-state index in [0.717, 1.165) is 13.1 Å². The summed E-state index contributed by atoms with van der Waals surface area (Å²) in [6, 6.07) is 0. The maximum atomic E-state index is 2.31. The second-order valence-corrected chi connectivity index (χ2v) is 3.62. The highest BCUT2D eigenvalue weighted by Gasteiger charge is 1.98. The molecule has 0 rings (SSSR count). The van der Waals surface area contributed by atoms with Gasteiger partial charge in [0.2, 0.25) is 0 Å². The number of hydrogen-bond donors (Lipinski definition) is 0. The number of rotatable bonds is 5. The summed E-state index contributed by atoms with van der Waals surface area (Å²) < 4.78 is 0. The van der Waals surface area contributed by atoms with Crippen LogP contribution >= 0.6 is 0 Å². The fraction of sp³-hybridized carbons (Fsp3) is 0.667. The van der Waals surface area contributed by atoms with E-state index >= 15 is 0 Å². The van der Waals surface area contributed by atoms with Crippen LogP contribution < -0.4 is 0 Å². The highest BCUT2D eigenvalue weighted by atomic mass is 15.1. The van der Waals surface area contributed by atoms with Crippen molar-refractivity contribution < 1.29 is 0 Å². The minimum Gasteiger partial charge on any atom is -0.303 e. The molecule has 0 spiro atoms. The van der Waals surface area contributed by atoms with Gasteiger partial charge >= 0.3 is 0 Å². The third-order valence-corrected chi connectivity index (χ3v) is 2.46. The first-order chi connectivity index (χ1) is 6.11. The number of likely N-dealkylation sites (N-methyl/N-ethyl adjacent to an activating group) is 1. The maximum absolute atomic E-state index is 2.31. The van der Waals surface area contributed by atoms with E-state index in [1.54, 1.807) is 0 Å². The summed E-state index contributed by atoms with van der Waals surface area (Å²) in [5.74, 6) is 0.579. The first-order valence-corrected chi connectivity index (χ1v) is 5.09. The Kier molecular flexibility index (Phi) is 6.61. The standard InChI is InChI=1S/C12H23N/c1-6-8-11(3)12(4)9-10-13(5)7-2/h6,8-9,11H,7,10H2,1-5H3/b8-6?,12-9+. The Morgan fingerprint density at radius 2 is 2.08 bits per heavy atom. The van der Waals surface area contributed by atoms with E-state index in [4.69, 9.17) is 0 Å². The van der Waals surface area contributed by atoms with Gasteiger partial charge in [-0.2, -0.15) is 0 Å². The Balaban J connectivity index is 4.00. The molecule has 0 saturated carbocycles. The zero-order valence-corrected chi connectivity index (χ0v) is 9.67. The molecule has 0 saturated heterocycles. The Bertz CT molecular complexity index is 180. The molecule has 0 aliphatic heterocycles. The van der Waals surface area contributed by atoms with Crippen molar-refractivity contribution in [2.24, 2.45) is 5.92 Å². The second kappa shape index (κ2) is 6.90. The molecule has 0 aromatic rings. The predicted molar refractivity (Wildman–Crippen MR) is 60.9 cm³/mol. The average molecular weight is 181 g/mol. The number of hydrogen-bond acceptors (Lipinski definition) is 1. The summed E-state index contributed by atoms with van der Waals surface area (Å²) in [4.78, 5) is 2.30. The third kappa shape index (κ3) is 5.64. The highest BCUT2D eigenvalue weighted by molar-refractivity contribution is 5.09. The monoisotopic (exact) mass is 181 g/mol. The number of allylic oxidation sites excluding steroid dienone is 3. The summed E-state index contributed by atoms with van der Waals surface area (Å²) in [6.07, 6.45) is 6.66. The van der Waals surface area contributed by atoms with Gasteiger partial charge in [0.1, 0.15) is 0 Å². The van der Waals surface area contributed by atoms with Crippen molar-refractivity contribution in [3.8, 4) is 0 Å². The molecule has 76 valence electrons. The molecular weight excluding hydrogens is 158 g/mol. The molecule has 0 amide bonds. The fourth-order valence-corrected chi connectivity index (χ4v) is 1.06. The van der Waals surface area contributed by atoms with Gasteiger partial charge in [-0.05, 0) is 33.4 Å². The SMILES string of the molecule is CC=CC(C)/C(C)=C/CN(C)CC. The molecule has 0 N–H and O–H groups in total. The predicted octanol–water partition coefficient (Wildman–Crippen LogP) is 3.10. The second-order valence-electron chi connectivity index (χ2n) is 3.62. The van der Waals surface area contributed by atoms with Gasteiger partial charge in [-0.1, -0.05) is 37.6 Å². The molecule has 0 aromatic carbocycles. The Hall–Kier alpha value is -0.560. The van der Waals surface area contributed by atoms with Gasteiger partial charge < -0.3 is 4.90 Å². The van der Waals surface area contributed by atoms with Crippen LogP contribution in [0.1, 0.15) is 27.7 Å². The zero-order chi connectivity index (χ0) is 10.3. The molecule has 0 aliphatic carbocycles. The van der Waals surface area contributed by atoms with E-state index in [2.05, 4.69) is 57.9 Å². The zero-order valence-electron chi connectivity index (χ0n) is 9.67. The molecule has 0 aromatic heterocycles. The lowest BCUT2D eigenvalue weighted by atomic mass is 10.0. The molecule has 1 atom stereocenters. The molecule has 0 fully saturated rings. The number of nitrogens with zero attached hydrogens (tertiary/aromatic N) is 1. The van der Waals surface area contributed by atoms with Crippen LogP contribution in [0, 0.1) is 5.92 Å². The van der Waals surface area contributed by atoms with Gasteiger partial charge in [-0.3, -0.25) is 0 Å². The summed E-state index contributed by atoms with van der Waals surface area (Å²) >= 11 is 0. The smallest absolute Gasteiger partial charge is 0.0162 e. The molecular formula is C12H23N. The summed E-state index contributed by atoms with van der Waals surface area (Å²) in [6.45, 7) is 10.9. The van der Waals surface area contributed by atoms with Crippen molar-refractivity contribution in [1.29, 1.82) is 0 Å². The van der Waals surface area contributed by atoms with E-state index in [1.165, 1.54) is 5.57 Å².